The maximum atomic E-state index is 10.2. The van der Waals surface area contributed by atoms with Crippen LogP contribution in [0.4, 0.5) is 0 Å². The summed E-state index contributed by atoms with van der Waals surface area (Å²) in [6.07, 6.45) is -4.08. The number of ether oxygens (including phenoxy) is 2. The lowest BCUT2D eigenvalue weighted by atomic mass is 9.96. The smallest absolute Gasteiger partial charge is 0.207 e. The second-order valence-electron chi connectivity index (χ2n) is 4.55. The Labute approximate surface area is 99.2 Å². The Hall–Kier alpha value is -0.280. The first-order valence-corrected chi connectivity index (χ1v) is 5.73. The minimum absolute atomic E-state index is 0.0846. The Morgan fingerprint density at radius 1 is 1.18 bits per heavy atom. The van der Waals surface area contributed by atoms with Gasteiger partial charge in [-0.2, -0.15) is 0 Å². The fourth-order valence-corrected chi connectivity index (χ4v) is 2.11. The summed E-state index contributed by atoms with van der Waals surface area (Å²) in [7, 11) is 0. The molecule has 4 atom stereocenters. The molecule has 0 aromatic rings. The molecule has 4 N–H and O–H groups in total. The highest BCUT2D eigenvalue weighted by molar-refractivity contribution is 4.93. The van der Waals surface area contributed by atoms with Crippen molar-refractivity contribution >= 4 is 0 Å². The highest BCUT2D eigenvalue weighted by Gasteiger charge is 2.49. The highest BCUT2D eigenvalue weighted by Crippen LogP contribution is 2.25. The molecule has 0 aromatic carbocycles. The molecule has 100 valence electrons. The largest absolute Gasteiger partial charge is 0.388 e. The zero-order valence-electron chi connectivity index (χ0n) is 9.53. The molecule has 0 amide bonds. The van der Waals surface area contributed by atoms with Gasteiger partial charge in [-0.05, 0) is 0 Å². The van der Waals surface area contributed by atoms with E-state index in [1.165, 1.54) is 0 Å². The Balaban J connectivity index is 1.97. The van der Waals surface area contributed by atoms with Crippen LogP contribution in [0.2, 0.25) is 0 Å². The van der Waals surface area contributed by atoms with E-state index in [9.17, 15) is 20.4 Å². The molecule has 17 heavy (non-hydrogen) atoms. The molecule has 0 saturated carbocycles. The minimum atomic E-state index is -1.84. The van der Waals surface area contributed by atoms with Crippen LogP contribution in [0, 0.1) is 0 Å². The molecule has 7 nitrogen and oxygen atoms in total. The second-order valence-corrected chi connectivity index (χ2v) is 4.55. The molecule has 2 aliphatic rings. The quantitative estimate of drug-likeness (QED) is 0.417. The van der Waals surface area contributed by atoms with Crippen molar-refractivity contribution in [1.82, 2.24) is 4.90 Å². The minimum Gasteiger partial charge on any atom is -0.388 e. The fraction of sp³-hybridized carbons (Fsp3) is 1.00. The zero-order chi connectivity index (χ0) is 12.5. The lowest BCUT2D eigenvalue weighted by molar-refractivity contribution is -0.326. The zero-order valence-corrected chi connectivity index (χ0v) is 9.53. The first-order chi connectivity index (χ1) is 8.03. The summed E-state index contributed by atoms with van der Waals surface area (Å²) in [4.78, 5) is 1.89. The average molecular weight is 249 g/mol. The van der Waals surface area contributed by atoms with Crippen molar-refractivity contribution in [3.05, 3.63) is 0 Å². The van der Waals surface area contributed by atoms with Gasteiger partial charge in [0.05, 0.1) is 26.4 Å². The van der Waals surface area contributed by atoms with Crippen molar-refractivity contribution in [2.75, 3.05) is 39.5 Å². The molecule has 0 aliphatic carbocycles. The van der Waals surface area contributed by atoms with Gasteiger partial charge in [-0.3, -0.25) is 4.90 Å². The maximum absolute atomic E-state index is 10.2. The third-order valence-electron chi connectivity index (χ3n) is 3.24. The van der Waals surface area contributed by atoms with Gasteiger partial charge in [-0.25, -0.2) is 0 Å². The molecule has 0 bridgehead atoms. The van der Waals surface area contributed by atoms with Gasteiger partial charge in [0.2, 0.25) is 5.79 Å². The summed E-state index contributed by atoms with van der Waals surface area (Å²) in [6, 6.07) is 0. The van der Waals surface area contributed by atoms with Crippen molar-refractivity contribution in [2.45, 2.75) is 24.1 Å². The van der Waals surface area contributed by atoms with Crippen LogP contribution in [0.15, 0.2) is 0 Å². The molecule has 7 heteroatoms. The van der Waals surface area contributed by atoms with Gasteiger partial charge < -0.3 is 29.9 Å². The first-order valence-electron chi connectivity index (χ1n) is 5.73. The number of aliphatic hydroxyl groups is 4. The lowest BCUT2D eigenvalue weighted by Crippen LogP contribution is -2.65. The first kappa shape index (κ1) is 13.2. The van der Waals surface area contributed by atoms with E-state index in [4.69, 9.17) is 9.47 Å². The molecule has 0 radical (unpaired) electrons. The predicted octanol–water partition coefficient (Wildman–Crippen LogP) is -2.88. The van der Waals surface area contributed by atoms with E-state index in [-0.39, 0.29) is 13.2 Å². The van der Waals surface area contributed by atoms with Gasteiger partial charge in [-0.15, -0.1) is 0 Å². The molecule has 2 heterocycles. The Morgan fingerprint density at radius 2 is 1.82 bits per heavy atom. The van der Waals surface area contributed by atoms with Crippen molar-refractivity contribution in [1.29, 1.82) is 0 Å². The average Bonchev–Trinajstić information content (AvgIpc) is 2.34. The van der Waals surface area contributed by atoms with E-state index in [0.29, 0.717) is 26.3 Å². The van der Waals surface area contributed by atoms with Crippen LogP contribution in [0.5, 0.6) is 0 Å². The van der Waals surface area contributed by atoms with E-state index in [0.717, 1.165) is 0 Å². The molecular weight excluding hydrogens is 230 g/mol. The van der Waals surface area contributed by atoms with Gasteiger partial charge in [0.15, 0.2) is 0 Å². The number of rotatable bonds is 2. The van der Waals surface area contributed by atoms with Crippen LogP contribution in [-0.2, 0) is 9.47 Å². The molecule has 2 saturated heterocycles. The second kappa shape index (κ2) is 5.15. The van der Waals surface area contributed by atoms with Crippen LogP contribution >= 0.6 is 0 Å². The predicted molar refractivity (Wildman–Crippen MR) is 56.2 cm³/mol. The van der Waals surface area contributed by atoms with E-state index in [1.54, 1.807) is 0 Å². The van der Waals surface area contributed by atoms with Crippen molar-refractivity contribution in [3.63, 3.8) is 0 Å². The van der Waals surface area contributed by atoms with Crippen molar-refractivity contribution in [3.8, 4) is 0 Å². The van der Waals surface area contributed by atoms with Gasteiger partial charge in [-0.1, -0.05) is 0 Å². The summed E-state index contributed by atoms with van der Waals surface area (Å²) < 4.78 is 10.2. The normalized spacial score (nSPS) is 44.8. The standard InChI is InChI=1S/C10H19NO6/c12-7-5-17-10(15,9(14)8(7)13)6-11-1-3-16-4-2-11/h7-9,12-15H,1-6H2/t7-,8-,9-,10+/m1/s1. The van der Waals surface area contributed by atoms with Crippen LogP contribution in [-0.4, -0.2) is 88.9 Å². The summed E-state index contributed by atoms with van der Waals surface area (Å²) in [6.45, 7) is 2.29. The van der Waals surface area contributed by atoms with Crippen LogP contribution in [0.1, 0.15) is 0 Å². The van der Waals surface area contributed by atoms with Gasteiger partial charge >= 0.3 is 0 Å². The van der Waals surface area contributed by atoms with Crippen molar-refractivity contribution in [2.24, 2.45) is 0 Å². The lowest BCUT2D eigenvalue weighted by Gasteiger charge is -2.44. The van der Waals surface area contributed by atoms with E-state index in [2.05, 4.69) is 0 Å². The monoisotopic (exact) mass is 249 g/mol. The number of hydrogen-bond donors (Lipinski definition) is 4. The molecule has 2 aliphatic heterocycles. The van der Waals surface area contributed by atoms with E-state index < -0.39 is 24.1 Å². The molecule has 0 spiro atoms. The number of β-amino-alcohol motifs (C(OH)–C–C–N with tert-alkyl or cyclic N) is 1. The maximum Gasteiger partial charge on any atom is 0.207 e. The van der Waals surface area contributed by atoms with E-state index in [1.807, 2.05) is 4.90 Å². The molecular formula is C10H19NO6. The highest BCUT2D eigenvalue weighted by atomic mass is 16.6. The molecule has 2 rings (SSSR count). The third-order valence-corrected chi connectivity index (χ3v) is 3.24. The number of hydrogen-bond acceptors (Lipinski definition) is 7. The Kier molecular flexibility index (Phi) is 3.99. The third kappa shape index (κ3) is 2.76. The van der Waals surface area contributed by atoms with Gasteiger partial charge in [0, 0.05) is 13.1 Å². The summed E-state index contributed by atoms with van der Waals surface area (Å²) in [5.74, 6) is -1.84. The van der Waals surface area contributed by atoms with Crippen molar-refractivity contribution < 1.29 is 29.9 Å². The van der Waals surface area contributed by atoms with Crippen LogP contribution in [0.3, 0.4) is 0 Å². The summed E-state index contributed by atoms with van der Waals surface area (Å²) >= 11 is 0. The SMILES string of the molecule is O[C@@H]1[C@H](O)CO[C@@](O)(CN2CCOCC2)[C@@H]1O. The molecule has 2 fully saturated rings. The fourth-order valence-electron chi connectivity index (χ4n) is 2.11. The number of morpholine rings is 1. The van der Waals surface area contributed by atoms with Crippen LogP contribution in [0.25, 0.3) is 0 Å². The Morgan fingerprint density at radius 3 is 2.47 bits per heavy atom. The summed E-state index contributed by atoms with van der Waals surface area (Å²) in [5.41, 5.74) is 0. The Bertz CT molecular complexity index is 259. The summed E-state index contributed by atoms with van der Waals surface area (Å²) in [5, 5.41) is 38.7. The molecule has 0 unspecified atom stereocenters. The van der Waals surface area contributed by atoms with E-state index >= 15 is 0 Å². The van der Waals surface area contributed by atoms with Crippen LogP contribution < -0.4 is 0 Å². The van der Waals surface area contributed by atoms with Gasteiger partial charge in [0.25, 0.3) is 0 Å². The topological polar surface area (TPSA) is 103 Å². The number of nitrogens with zero attached hydrogens (tertiary/aromatic N) is 1. The molecule has 0 aromatic heterocycles. The number of aliphatic hydroxyl groups excluding tert-OH is 3. The van der Waals surface area contributed by atoms with Gasteiger partial charge in [0.1, 0.15) is 18.3 Å².